The molecule has 3 aromatic rings. The van der Waals surface area contributed by atoms with Crippen LogP contribution in [0.5, 0.6) is 0 Å². The van der Waals surface area contributed by atoms with E-state index >= 15 is 0 Å². The third-order valence-electron chi connectivity index (χ3n) is 4.33. The lowest BCUT2D eigenvalue weighted by Crippen LogP contribution is -2.32. The van der Waals surface area contributed by atoms with Crippen LogP contribution in [0, 0.1) is 0 Å². The van der Waals surface area contributed by atoms with Crippen molar-refractivity contribution in [1.29, 1.82) is 0 Å². The first kappa shape index (κ1) is 19.3. The molecule has 6 nitrogen and oxygen atoms in total. The molecular weight excluding hydrogens is 461 g/mol. The van der Waals surface area contributed by atoms with Crippen molar-refractivity contribution in [3.8, 4) is 10.6 Å². The molecule has 148 valence electrons. The van der Waals surface area contributed by atoms with Gasteiger partial charge in [0.25, 0.3) is 5.91 Å². The van der Waals surface area contributed by atoms with Crippen LogP contribution in [0.4, 0.5) is 13.2 Å². The number of carbonyl (C=O) groups excluding carboxylic acids is 1. The maximum Gasteiger partial charge on any atom is 0.433 e. The van der Waals surface area contributed by atoms with E-state index in [4.69, 9.17) is 4.74 Å². The molecule has 0 spiro atoms. The van der Waals surface area contributed by atoms with E-state index in [1.54, 1.807) is 17.5 Å². The SMILES string of the molecule is O=C(NC[C@H]1CCCO1)c1nn2c(C(F)(F)F)cc(-c3cccs3)nc2c1Br. The van der Waals surface area contributed by atoms with Crippen molar-refractivity contribution in [1.82, 2.24) is 19.9 Å². The van der Waals surface area contributed by atoms with Crippen LogP contribution in [0.1, 0.15) is 29.0 Å². The predicted molar refractivity (Wildman–Crippen MR) is 100 cm³/mol. The summed E-state index contributed by atoms with van der Waals surface area (Å²) >= 11 is 4.48. The average Bonchev–Trinajstić information content (AvgIpc) is 3.40. The van der Waals surface area contributed by atoms with E-state index in [2.05, 4.69) is 31.3 Å². The molecule has 3 aromatic heterocycles. The molecule has 1 atom stereocenters. The highest BCUT2D eigenvalue weighted by Crippen LogP contribution is 2.35. The fourth-order valence-corrected chi connectivity index (χ4v) is 4.19. The average molecular weight is 475 g/mol. The number of nitrogens with one attached hydrogen (secondary N) is 1. The molecule has 1 fully saturated rings. The number of hydrogen-bond acceptors (Lipinski definition) is 5. The van der Waals surface area contributed by atoms with Gasteiger partial charge in [-0.05, 0) is 46.3 Å². The number of hydrogen-bond donors (Lipinski definition) is 1. The summed E-state index contributed by atoms with van der Waals surface area (Å²) in [5, 5.41) is 8.30. The zero-order valence-electron chi connectivity index (χ0n) is 14.3. The molecule has 0 bridgehead atoms. The zero-order valence-corrected chi connectivity index (χ0v) is 16.7. The number of fused-ring (bicyclic) bond motifs is 1. The molecule has 28 heavy (non-hydrogen) atoms. The van der Waals surface area contributed by atoms with E-state index in [0.717, 1.165) is 18.9 Å². The molecule has 1 N–H and O–H groups in total. The summed E-state index contributed by atoms with van der Waals surface area (Å²) < 4.78 is 47.1. The van der Waals surface area contributed by atoms with Crippen LogP contribution in [-0.4, -0.2) is 39.8 Å². The van der Waals surface area contributed by atoms with Crippen LogP contribution in [0.3, 0.4) is 0 Å². The van der Waals surface area contributed by atoms with Gasteiger partial charge in [-0.1, -0.05) is 6.07 Å². The second-order valence-corrected chi connectivity index (χ2v) is 7.99. The Kier molecular flexibility index (Phi) is 5.15. The predicted octanol–water partition coefficient (Wildman–Crippen LogP) is 4.15. The Morgan fingerprint density at radius 2 is 2.29 bits per heavy atom. The summed E-state index contributed by atoms with van der Waals surface area (Å²) in [7, 11) is 0. The third-order valence-corrected chi connectivity index (χ3v) is 5.95. The van der Waals surface area contributed by atoms with Gasteiger partial charge in [-0.15, -0.1) is 11.3 Å². The highest BCUT2D eigenvalue weighted by molar-refractivity contribution is 9.10. The Bertz CT molecular complexity index is 1010. The molecule has 1 aliphatic heterocycles. The first-order valence-electron chi connectivity index (χ1n) is 8.45. The zero-order chi connectivity index (χ0) is 19.9. The highest BCUT2D eigenvalue weighted by atomic mass is 79.9. The van der Waals surface area contributed by atoms with Gasteiger partial charge >= 0.3 is 6.18 Å². The minimum absolute atomic E-state index is 0.0690. The summed E-state index contributed by atoms with van der Waals surface area (Å²) in [6.07, 6.45) is -3.00. The number of alkyl halides is 3. The maximum atomic E-state index is 13.6. The summed E-state index contributed by atoms with van der Waals surface area (Å²) in [6.45, 7) is 0.919. The monoisotopic (exact) mass is 474 g/mol. The first-order chi connectivity index (χ1) is 13.3. The number of aromatic nitrogens is 3. The Hall–Kier alpha value is -1.98. The topological polar surface area (TPSA) is 68.5 Å². The fraction of sp³-hybridized carbons (Fsp3) is 0.353. The summed E-state index contributed by atoms with van der Waals surface area (Å²) in [5.41, 5.74) is -1.05. The second-order valence-electron chi connectivity index (χ2n) is 6.24. The Morgan fingerprint density at radius 3 is 2.93 bits per heavy atom. The molecule has 1 amide bonds. The quantitative estimate of drug-likeness (QED) is 0.616. The number of nitrogens with zero attached hydrogens (tertiary/aromatic N) is 3. The van der Waals surface area contributed by atoms with Crippen LogP contribution in [-0.2, 0) is 10.9 Å². The molecule has 0 saturated carbocycles. The van der Waals surface area contributed by atoms with E-state index in [9.17, 15) is 18.0 Å². The number of amides is 1. The number of carbonyl (C=O) groups is 1. The Balaban J connectivity index is 1.75. The van der Waals surface area contributed by atoms with Crippen LogP contribution >= 0.6 is 27.3 Å². The van der Waals surface area contributed by atoms with Crippen LogP contribution in [0.2, 0.25) is 0 Å². The summed E-state index contributed by atoms with van der Waals surface area (Å²) in [5.74, 6) is -0.585. The van der Waals surface area contributed by atoms with Crippen molar-refractivity contribution in [2.24, 2.45) is 0 Å². The van der Waals surface area contributed by atoms with Crippen molar-refractivity contribution >= 4 is 38.8 Å². The molecule has 4 rings (SSSR count). The smallest absolute Gasteiger partial charge is 0.376 e. The minimum Gasteiger partial charge on any atom is -0.376 e. The van der Waals surface area contributed by atoms with Gasteiger partial charge in [0.2, 0.25) is 0 Å². The van der Waals surface area contributed by atoms with E-state index in [0.29, 0.717) is 16.0 Å². The van der Waals surface area contributed by atoms with Gasteiger partial charge in [-0.2, -0.15) is 18.3 Å². The number of thiophene rings is 1. The highest BCUT2D eigenvalue weighted by Gasteiger charge is 2.36. The Labute approximate surface area is 169 Å². The van der Waals surface area contributed by atoms with Crippen LogP contribution in [0.25, 0.3) is 16.2 Å². The molecule has 1 aliphatic rings. The largest absolute Gasteiger partial charge is 0.433 e. The molecule has 0 aliphatic carbocycles. The number of halogens is 4. The van der Waals surface area contributed by atoms with E-state index in [1.165, 1.54) is 11.3 Å². The standard InChI is InChI=1S/C17H14BrF3N4O2S/c18-13-14(16(26)22-8-9-3-1-5-27-9)24-25-12(17(19,20)21)7-10(23-15(13)25)11-4-2-6-28-11/h2,4,6-7,9H,1,3,5,8H2,(H,22,26)/t9-/m1/s1. The second kappa shape index (κ2) is 7.45. The lowest BCUT2D eigenvalue weighted by molar-refractivity contribution is -0.142. The third kappa shape index (κ3) is 3.65. The normalized spacial score (nSPS) is 17.4. The molecule has 0 unspecified atom stereocenters. The summed E-state index contributed by atoms with van der Waals surface area (Å²) in [6, 6.07) is 4.35. The minimum atomic E-state index is -4.66. The van der Waals surface area contributed by atoms with Crippen LogP contribution < -0.4 is 5.32 Å². The lowest BCUT2D eigenvalue weighted by atomic mass is 10.2. The van der Waals surface area contributed by atoms with Gasteiger partial charge < -0.3 is 10.1 Å². The van der Waals surface area contributed by atoms with Crippen molar-refractivity contribution < 1.29 is 22.7 Å². The molecule has 1 saturated heterocycles. The van der Waals surface area contributed by atoms with Gasteiger partial charge in [0.05, 0.1) is 21.1 Å². The van der Waals surface area contributed by atoms with Crippen molar-refractivity contribution in [2.75, 3.05) is 13.2 Å². The van der Waals surface area contributed by atoms with Gasteiger partial charge in [0.1, 0.15) is 0 Å². The van der Waals surface area contributed by atoms with Crippen molar-refractivity contribution in [2.45, 2.75) is 25.1 Å². The summed E-state index contributed by atoms with van der Waals surface area (Å²) in [4.78, 5) is 17.4. The van der Waals surface area contributed by atoms with Gasteiger partial charge in [-0.3, -0.25) is 4.79 Å². The molecule has 0 aromatic carbocycles. The first-order valence-corrected chi connectivity index (χ1v) is 10.1. The molecule has 4 heterocycles. The van der Waals surface area contributed by atoms with Crippen LogP contribution in [0.15, 0.2) is 28.1 Å². The molecule has 11 heteroatoms. The van der Waals surface area contributed by atoms with Gasteiger partial charge in [-0.25, -0.2) is 9.50 Å². The van der Waals surface area contributed by atoms with Crippen molar-refractivity contribution in [3.63, 3.8) is 0 Å². The molecular formula is C17H14BrF3N4O2S. The maximum absolute atomic E-state index is 13.6. The number of ether oxygens (including phenoxy) is 1. The lowest BCUT2D eigenvalue weighted by Gasteiger charge is -2.10. The Morgan fingerprint density at radius 1 is 1.46 bits per heavy atom. The molecule has 0 radical (unpaired) electrons. The number of rotatable bonds is 4. The van der Waals surface area contributed by atoms with E-state index in [-0.39, 0.29) is 34.2 Å². The van der Waals surface area contributed by atoms with Gasteiger partial charge in [0.15, 0.2) is 17.0 Å². The van der Waals surface area contributed by atoms with E-state index in [1.807, 2.05) is 0 Å². The van der Waals surface area contributed by atoms with Gasteiger partial charge in [0, 0.05) is 13.2 Å². The fourth-order valence-electron chi connectivity index (χ4n) is 2.98. The van der Waals surface area contributed by atoms with Crippen molar-refractivity contribution in [3.05, 3.63) is 39.4 Å². The van der Waals surface area contributed by atoms with E-state index < -0.39 is 17.8 Å².